The summed E-state index contributed by atoms with van der Waals surface area (Å²) >= 11 is 0. The minimum atomic E-state index is -0.896. The molecule has 0 bridgehead atoms. The fraction of sp³-hybridized carbons (Fsp3) is 0.545. The number of benzene rings is 1. The topological polar surface area (TPSA) is 86.8 Å². The Bertz CT molecular complexity index is 852. The van der Waals surface area contributed by atoms with Gasteiger partial charge in [0.25, 0.3) is 0 Å². The van der Waals surface area contributed by atoms with Gasteiger partial charge in [0.2, 0.25) is 5.91 Å². The van der Waals surface area contributed by atoms with Crippen molar-refractivity contribution in [3.05, 3.63) is 35.4 Å². The summed E-state index contributed by atoms with van der Waals surface area (Å²) in [4.78, 5) is 52.3. The molecule has 7 heteroatoms. The molecule has 1 saturated heterocycles. The molecule has 7 nitrogen and oxygen atoms in total. The molecule has 1 aromatic carbocycles. The highest BCUT2D eigenvalue weighted by molar-refractivity contribution is 6.45. The van der Waals surface area contributed by atoms with E-state index >= 15 is 0 Å². The average molecular weight is 397 g/mol. The van der Waals surface area contributed by atoms with Crippen molar-refractivity contribution in [2.24, 2.45) is 5.92 Å². The molecule has 1 N–H and O–H groups in total. The zero-order chi connectivity index (χ0) is 20.5. The first-order valence-electron chi connectivity index (χ1n) is 10.5. The van der Waals surface area contributed by atoms with Gasteiger partial charge in [0, 0.05) is 6.04 Å². The Labute approximate surface area is 170 Å². The van der Waals surface area contributed by atoms with Crippen LogP contribution in [0.1, 0.15) is 62.6 Å². The summed E-state index contributed by atoms with van der Waals surface area (Å²) < 4.78 is 0. The lowest BCUT2D eigenvalue weighted by atomic mass is 9.85. The predicted octanol–water partition coefficient (Wildman–Crippen LogP) is 2.55. The minimum absolute atomic E-state index is 0.134. The van der Waals surface area contributed by atoms with Crippen LogP contribution in [-0.4, -0.2) is 46.1 Å². The van der Waals surface area contributed by atoms with E-state index in [1.165, 1.54) is 5.56 Å². The molecule has 1 aromatic rings. The fourth-order valence-electron chi connectivity index (χ4n) is 4.92. The predicted molar refractivity (Wildman–Crippen MR) is 106 cm³/mol. The number of urea groups is 1. The Hall–Kier alpha value is -2.70. The van der Waals surface area contributed by atoms with Crippen LogP contribution in [0.15, 0.2) is 24.3 Å². The molecule has 2 aliphatic carbocycles. The summed E-state index contributed by atoms with van der Waals surface area (Å²) in [5, 5.41) is 2.95. The number of nitrogens with zero attached hydrogens (tertiary/aromatic N) is 2. The summed E-state index contributed by atoms with van der Waals surface area (Å²) in [5.41, 5.74) is 2.30. The zero-order valence-corrected chi connectivity index (χ0v) is 16.7. The van der Waals surface area contributed by atoms with Gasteiger partial charge in [-0.3, -0.25) is 19.3 Å². The van der Waals surface area contributed by atoms with Crippen LogP contribution in [0.2, 0.25) is 0 Å². The van der Waals surface area contributed by atoms with E-state index in [0.717, 1.165) is 53.9 Å². The Morgan fingerprint density at radius 3 is 2.59 bits per heavy atom. The second-order valence-corrected chi connectivity index (χ2v) is 8.39. The quantitative estimate of drug-likeness (QED) is 0.625. The molecule has 2 fully saturated rings. The van der Waals surface area contributed by atoms with Gasteiger partial charge < -0.3 is 5.32 Å². The Morgan fingerprint density at radius 1 is 1.03 bits per heavy atom. The molecule has 3 atom stereocenters. The summed E-state index contributed by atoms with van der Waals surface area (Å²) in [6, 6.07) is 6.94. The summed E-state index contributed by atoms with van der Waals surface area (Å²) in [7, 11) is 0. The van der Waals surface area contributed by atoms with Gasteiger partial charge in [-0.15, -0.1) is 0 Å². The monoisotopic (exact) mass is 397 g/mol. The molecule has 1 aliphatic heterocycles. The van der Waals surface area contributed by atoms with Gasteiger partial charge in [0.15, 0.2) is 0 Å². The normalized spacial score (nSPS) is 27.2. The maximum absolute atomic E-state index is 12.8. The lowest BCUT2D eigenvalue weighted by molar-refractivity contribution is -0.145. The molecule has 0 aromatic heterocycles. The molecule has 154 valence electrons. The maximum Gasteiger partial charge on any atom is 0.334 e. The molecule has 1 saturated carbocycles. The van der Waals surface area contributed by atoms with E-state index in [1.54, 1.807) is 0 Å². The van der Waals surface area contributed by atoms with Gasteiger partial charge in [0.05, 0.1) is 6.04 Å². The molecular weight excluding hydrogens is 370 g/mol. The Balaban J connectivity index is 1.44. The number of fused-ring (bicyclic) bond motifs is 1. The largest absolute Gasteiger partial charge is 0.348 e. The molecule has 5 amide bonds. The number of carbonyl (C=O) groups excluding carboxylic acids is 4. The molecule has 0 unspecified atom stereocenters. The van der Waals surface area contributed by atoms with E-state index in [4.69, 9.17) is 0 Å². The van der Waals surface area contributed by atoms with Crippen molar-refractivity contribution in [1.29, 1.82) is 0 Å². The van der Waals surface area contributed by atoms with E-state index in [0.29, 0.717) is 6.42 Å². The highest BCUT2D eigenvalue weighted by Crippen LogP contribution is 2.32. The third-order valence-corrected chi connectivity index (χ3v) is 6.49. The Kier molecular flexibility index (Phi) is 5.39. The molecular formula is C22H27N3O4. The van der Waals surface area contributed by atoms with Crippen molar-refractivity contribution in [3.8, 4) is 0 Å². The molecule has 4 rings (SSSR count). The van der Waals surface area contributed by atoms with E-state index < -0.39 is 30.3 Å². The van der Waals surface area contributed by atoms with Crippen LogP contribution in [-0.2, 0) is 20.8 Å². The van der Waals surface area contributed by atoms with Crippen LogP contribution in [0, 0.1) is 5.92 Å². The third kappa shape index (κ3) is 3.66. The average Bonchev–Trinajstić information content (AvgIpc) is 2.92. The third-order valence-electron chi connectivity index (χ3n) is 6.49. The van der Waals surface area contributed by atoms with E-state index in [9.17, 15) is 19.2 Å². The smallest absolute Gasteiger partial charge is 0.334 e. The Morgan fingerprint density at radius 2 is 1.79 bits per heavy atom. The number of amides is 5. The second-order valence-electron chi connectivity index (χ2n) is 8.39. The van der Waals surface area contributed by atoms with Crippen molar-refractivity contribution in [2.45, 2.75) is 64.0 Å². The maximum atomic E-state index is 12.8. The van der Waals surface area contributed by atoms with Gasteiger partial charge in [0.1, 0.15) is 6.54 Å². The van der Waals surface area contributed by atoms with Gasteiger partial charge in [-0.1, -0.05) is 44.0 Å². The van der Waals surface area contributed by atoms with Crippen molar-refractivity contribution in [1.82, 2.24) is 15.1 Å². The number of rotatable bonds is 4. The van der Waals surface area contributed by atoms with Crippen molar-refractivity contribution in [3.63, 3.8) is 0 Å². The van der Waals surface area contributed by atoms with Crippen molar-refractivity contribution < 1.29 is 19.2 Å². The molecule has 0 radical (unpaired) electrons. The molecule has 1 heterocycles. The van der Waals surface area contributed by atoms with Crippen LogP contribution in [0.3, 0.4) is 0 Å². The van der Waals surface area contributed by atoms with E-state index in [1.807, 2.05) is 25.1 Å². The minimum Gasteiger partial charge on any atom is -0.348 e. The van der Waals surface area contributed by atoms with Crippen molar-refractivity contribution >= 4 is 23.8 Å². The SMILES string of the molecule is C[C@H]1CCCC[C@@H]1N1C(=O)C(=O)N(CC(=O)N[C@@H]2CCCc3ccccc32)C1=O. The zero-order valence-electron chi connectivity index (χ0n) is 16.7. The van der Waals surface area contributed by atoms with Crippen LogP contribution in [0.5, 0.6) is 0 Å². The number of hydrogen-bond donors (Lipinski definition) is 1. The number of nitrogens with one attached hydrogen (secondary N) is 1. The standard InChI is InChI=1S/C22H27N3O4/c1-14-7-2-5-12-18(14)25-21(28)20(27)24(22(25)29)13-19(26)23-17-11-6-9-15-8-3-4-10-16(15)17/h3-4,8,10,14,17-18H,2,5-7,9,11-13H2,1H3,(H,23,26)/t14-,17+,18-/m0/s1. The summed E-state index contributed by atoms with van der Waals surface area (Å²) in [6.45, 7) is 1.59. The summed E-state index contributed by atoms with van der Waals surface area (Å²) in [6.07, 6.45) is 6.40. The number of carbonyl (C=O) groups is 4. The van der Waals surface area contributed by atoms with Gasteiger partial charge >= 0.3 is 17.8 Å². The second kappa shape index (κ2) is 7.97. The van der Waals surface area contributed by atoms with Crippen LogP contribution in [0.25, 0.3) is 0 Å². The van der Waals surface area contributed by atoms with Crippen LogP contribution >= 0.6 is 0 Å². The first-order chi connectivity index (χ1) is 14.0. The van der Waals surface area contributed by atoms with Gasteiger partial charge in [-0.2, -0.15) is 0 Å². The first kappa shape index (κ1) is 19.6. The van der Waals surface area contributed by atoms with Crippen LogP contribution < -0.4 is 5.32 Å². The van der Waals surface area contributed by atoms with E-state index in [2.05, 4.69) is 11.4 Å². The molecule has 29 heavy (non-hydrogen) atoms. The van der Waals surface area contributed by atoms with E-state index in [-0.39, 0.29) is 18.0 Å². The number of imide groups is 2. The molecule has 0 spiro atoms. The first-order valence-corrected chi connectivity index (χ1v) is 10.5. The fourth-order valence-corrected chi connectivity index (χ4v) is 4.92. The summed E-state index contributed by atoms with van der Waals surface area (Å²) in [5.74, 6) is -1.95. The highest BCUT2D eigenvalue weighted by Gasteiger charge is 2.49. The van der Waals surface area contributed by atoms with Crippen molar-refractivity contribution in [2.75, 3.05) is 6.54 Å². The lowest BCUT2D eigenvalue weighted by Gasteiger charge is -2.34. The lowest BCUT2D eigenvalue weighted by Crippen LogP contribution is -2.47. The highest BCUT2D eigenvalue weighted by atomic mass is 16.2. The van der Waals surface area contributed by atoms with Gasteiger partial charge in [-0.25, -0.2) is 9.69 Å². The number of aryl methyl sites for hydroxylation is 1. The van der Waals surface area contributed by atoms with Crippen LogP contribution in [0.4, 0.5) is 4.79 Å². The number of hydrogen-bond acceptors (Lipinski definition) is 4. The molecule has 3 aliphatic rings. The van der Waals surface area contributed by atoms with Gasteiger partial charge in [-0.05, 0) is 49.1 Å².